The first kappa shape index (κ1) is 22.1. The molecule has 0 radical (unpaired) electrons. The van der Waals surface area contributed by atoms with Crippen molar-refractivity contribution in [2.45, 2.75) is 65.7 Å². The maximum Gasteiger partial charge on any atom is 0.320 e. The SMILES string of the molecule is C=C[C@@]1(C)CCC=C2[C@H]1CC[C@@H]1[C@](C)(COC(=O)CN3CCOCC3)CCC[C@@]21C. The molecule has 3 aliphatic carbocycles. The zero-order chi connectivity index (χ0) is 21.4. The Labute approximate surface area is 183 Å². The number of esters is 1. The number of morpholine rings is 1. The van der Waals surface area contributed by atoms with E-state index in [0.29, 0.717) is 38.2 Å². The highest BCUT2D eigenvalue weighted by atomic mass is 16.5. The Hall–Kier alpha value is -1.13. The van der Waals surface area contributed by atoms with E-state index in [-0.39, 0.29) is 22.2 Å². The summed E-state index contributed by atoms with van der Waals surface area (Å²) in [5, 5.41) is 0. The van der Waals surface area contributed by atoms with Gasteiger partial charge in [0.1, 0.15) is 0 Å². The number of rotatable bonds is 5. The number of hydrogen-bond acceptors (Lipinski definition) is 4. The molecule has 1 heterocycles. The third-order valence-electron chi connectivity index (χ3n) is 9.16. The topological polar surface area (TPSA) is 38.8 Å². The van der Waals surface area contributed by atoms with Crippen LogP contribution in [0.5, 0.6) is 0 Å². The highest BCUT2D eigenvalue weighted by Crippen LogP contribution is 2.65. The summed E-state index contributed by atoms with van der Waals surface area (Å²) in [7, 11) is 0. The van der Waals surface area contributed by atoms with Gasteiger partial charge in [-0.25, -0.2) is 0 Å². The average molecular weight is 416 g/mol. The van der Waals surface area contributed by atoms with E-state index in [1.165, 1.54) is 38.5 Å². The van der Waals surface area contributed by atoms with E-state index in [1.807, 2.05) is 0 Å². The zero-order valence-electron chi connectivity index (χ0n) is 19.4. The molecule has 4 rings (SSSR count). The Balaban J connectivity index is 1.46. The number of allylic oxidation sites excluding steroid dienone is 3. The van der Waals surface area contributed by atoms with Crippen molar-refractivity contribution in [1.82, 2.24) is 4.90 Å². The molecule has 0 N–H and O–H groups in total. The summed E-state index contributed by atoms with van der Waals surface area (Å²) in [5.41, 5.74) is 2.23. The lowest BCUT2D eigenvalue weighted by Gasteiger charge is -2.60. The van der Waals surface area contributed by atoms with Crippen LogP contribution in [-0.2, 0) is 14.3 Å². The summed E-state index contributed by atoms with van der Waals surface area (Å²) in [6.07, 6.45) is 13.3. The Kier molecular flexibility index (Phi) is 6.20. The quantitative estimate of drug-likeness (QED) is 0.468. The van der Waals surface area contributed by atoms with Gasteiger partial charge in [0, 0.05) is 18.5 Å². The van der Waals surface area contributed by atoms with E-state index < -0.39 is 0 Å². The predicted octanol–water partition coefficient (Wildman–Crippen LogP) is 5.00. The molecule has 1 saturated heterocycles. The smallest absolute Gasteiger partial charge is 0.320 e. The summed E-state index contributed by atoms with van der Waals surface area (Å²) < 4.78 is 11.3. The van der Waals surface area contributed by atoms with Crippen LogP contribution in [0, 0.1) is 28.1 Å². The molecule has 0 spiro atoms. The van der Waals surface area contributed by atoms with Crippen molar-refractivity contribution in [2.75, 3.05) is 39.5 Å². The van der Waals surface area contributed by atoms with Crippen LogP contribution in [0.25, 0.3) is 0 Å². The van der Waals surface area contributed by atoms with Crippen LogP contribution >= 0.6 is 0 Å². The van der Waals surface area contributed by atoms with Crippen molar-refractivity contribution in [1.29, 1.82) is 0 Å². The minimum atomic E-state index is -0.0739. The zero-order valence-corrected chi connectivity index (χ0v) is 19.4. The van der Waals surface area contributed by atoms with Gasteiger partial charge in [0.15, 0.2) is 0 Å². The molecule has 30 heavy (non-hydrogen) atoms. The number of nitrogens with zero attached hydrogens (tertiary/aromatic N) is 1. The van der Waals surface area contributed by atoms with Crippen molar-refractivity contribution < 1.29 is 14.3 Å². The third kappa shape index (κ3) is 3.90. The highest BCUT2D eigenvalue weighted by molar-refractivity contribution is 5.71. The standard InChI is InChI=1S/C26H41NO3/c1-5-24(2)11-6-8-21-20(24)9-10-22-25(3,12-7-13-26(21,22)4)19-30-23(28)18-27-14-16-29-17-15-27/h5,8,20,22H,1,6-7,9-19H2,2-4H3/t20-,22-,24+,25+,26+/m1/s1. The van der Waals surface area contributed by atoms with E-state index in [9.17, 15) is 4.79 Å². The van der Waals surface area contributed by atoms with Crippen LogP contribution in [0.4, 0.5) is 0 Å². The minimum Gasteiger partial charge on any atom is -0.464 e. The van der Waals surface area contributed by atoms with E-state index in [4.69, 9.17) is 9.47 Å². The van der Waals surface area contributed by atoms with Gasteiger partial charge < -0.3 is 9.47 Å². The van der Waals surface area contributed by atoms with Crippen LogP contribution in [-0.4, -0.2) is 50.3 Å². The highest BCUT2D eigenvalue weighted by Gasteiger charge is 2.56. The van der Waals surface area contributed by atoms with Crippen molar-refractivity contribution in [3.63, 3.8) is 0 Å². The van der Waals surface area contributed by atoms with Crippen LogP contribution in [0.3, 0.4) is 0 Å². The molecule has 168 valence electrons. The predicted molar refractivity (Wildman–Crippen MR) is 120 cm³/mol. The van der Waals surface area contributed by atoms with Gasteiger partial charge in [-0.15, -0.1) is 6.58 Å². The fraction of sp³-hybridized carbons (Fsp3) is 0.808. The first-order valence-corrected chi connectivity index (χ1v) is 12.1. The maximum atomic E-state index is 12.6. The Morgan fingerprint density at radius 3 is 2.73 bits per heavy atom. The van der Waals surface area contributed by atoms with Gasteiger partial charge in [0.25, 0.3) is 0 Å². The molecular formula is C26H41NO3. The molecule has 0 unspecified atom stereocenters. The molecule has 0 aromatic rings. The van der Waals surface area contributed by atoms with Crippen molar-refractivity contribution in [3.8, 4) is 0 Å². The molecule has 4 heteroatoms. The Morgan fingerprint density at radius 1 is 1.23 bits per heavy atom. The Bertz CT molecular complexity index is 696. The summed E-state index contributed by atoms with van der Waals surface area (Å²) in [6.45, 7) is 15.5. The molecule has 0 amide bonds. The van der Waals surface area contributed by atoms with Crippen LogP contribution in [0.15, 0.2) is 24.3 Å². The summed E-state index contributed by atoms with van der Waals surface area (Å²) in [6, 6.07) is 0. The normalized spacial score (nSPS) is 41.9. The lowest BCUT2D eigenvalue weighted by molar-refractivity contribution is -0.155. The molecule has 4 aliphatic rings. The van der Waals surface area contributed by atoms with Crippen molar-refractivity contribution >= 4 is 5.97 Å². The first-order chi connectivity index (χ1) is 14.3. The lowest BCUT2D eigenvalue weighted by atomic mass is 9.44. The van der Waals surface area contributed by atoms with Crippen molar-refractivity contribution in [3.05, 3.63) is 24.3 Å². The summed E-state index contributed by atoms with van der Waals surface area (Å²) in [4.78, 5) is 14.7. The summed E-state index contributed by atoms with van der Waals surface area (Å²) >= 11 is 0. The van der Waals surface area contributed by atoms with E-state index in [2.05, 4.69) is 44.4 Å². The molecule has 0 aromatic carbocycles. The Morgan fingerprint density at radius 2 is 2.00 bits per heavy atom. The number of carbonyl (C=O) groups is 1. The first-order valence-electron chi connectivity index (χ1n) is 12.1. The van der Waals surface area contributed by atoms with Gasteiger partial charge in [-0.1, -0.05) is 44.9 Å². The van der Waals surface area contributed by atoms with E-state index in [0.717, 1.165) is 19.5 Å². The third-order valence-corrected chi connectivity index (χ3v) is 9.16. The molecule has 2 saturated carbocycles. The second kappa shape index (κ2) is 8.43. The van der Waals surface area contributed by atoms with Crippen LogP contribution < -0.4 is 0 Å². The largest absolute Gasteiger partial charge is 0.464 e. The fourth-order valence-corrected chi connectivity index (χ4v) is 7.30. The molecule has 4 nitrogen and oxygen atoms in total. The van der Waals surface area contributed by atoms with E-state index >= 15 is 0 Å². The molecule has 3 fully saturated rings. The number of hydrogen-bond donors (Lipinski definition) is 0. The van der Waals surface area contributed by atoms with Crippen LogP contribution in [0.1, 0.15) is 65.7 Å². The molecule has 0 aromatic heterocycles. The number of ether oxygens (including phenoxy) is 2. The number of carbonyl (C=O) groups excluding carboxylic acids is 1. The number of fused-ring (bicyclic) bond motifs is 3. The van der Waals surface area contributed by atoms with Gasteiger partial charge in [0.2, 0.25) is 0 Å². The summed E-state index contributed by atoms with van der Waals surface area (Å²) in [5.74, 6) is 1.15. The van der Waals surface area contributed by atoms with Gasteiger partial charge >= 0.3 is 5.97 Å². The van der Waals surface area contributed by atoms with E-state index in [1.54, 1.807) is 5.57 Å². The van der Waals surface area contributed by atoms with Gasteiger partial charge in [0.05, 0.1) is 26.4 Å². The lowest BCUT2D eigenvalue weighted by Crippen LogP contribution is -2.53. The minimum absolute atomic E-state index is 0.0709. The molecular weight excluding hydrogens is 374 g/mol. The van der Waals surface area contributed by atoms with Gasteiger partial charge in [-0.05, 0) is 61.2 Å². The fourth-order valence-electron chi connectivity index (χ4n) is 7.30. The molecule has 0 bridgehead atoms. The van der Waals surface area contributed by atoms with Crippen molar-refractivity contribution in [2.24, 2.45) is 28.1 Å². The molecule has 5 atom stereocenters. The maximum absolute atomic E-state index is 12.6. The van der Waals surface area contributed by atoms with Gasteiger partial charge in [-0.3, -0.25) is 9.69 Å². The van der Waals surface area contributed by atoms with Gasteiger partial charge in [-0.2, -0.15) is 0 Å². The van der Waals surface area contributed by atoms with Crippen LogP contribution in [0.2, 0.25) is 0 Å². The second-order valence-electron chi connectivity index (χ2n) is 11.1. The molecule has 1 aliphatic heterocycles. The second-order valence-corrected chi connectivity index (χ2v) is 11.1. The monoisotopic (exact) mass is 415 g/mol. The average Bonchev–Trinajstić information content (AvgIpc) is 2.74.